The fourth-order valence-corrected chi connectivity index (χ4v) is 6.95. The van der Waals surface area contributed by atoms with E-state index in [4.69, 9.17) is 17.2 Å². The molecule has 0 radical (unpaired) electrons. The molecule has 0 atom stereocenters. The fraction of sp³-hybridized carbons (Fsp3) is 0.130. The van der Waals surface area contributed by atoms with Gasteiger partial charge in [0.15, 0.2) is 11.6 Å². The Hall–Kier alpha value is -3.71. The van der Waals surface area contributed by atoms with Gasteiger partial charge in [0, 0.05) is 28.8 Å². The van der Waals surface area contributed by atoms with Gasteiger partial charge in [-0.05, 0) is 60.4 Å². The fourth-order valence-electron chi connectivity index (χ4n) is 4.90. The van der Waals surface area contributed by atoms with Crippen molar-refractivity contribution in [2.75, 3.05) is 11.5 Å². The Balaban J connectivity index is 2.30. The van der Waals surface area contributed by atoms with Crippen LogP contribution in [-0.4, -0.2) is 50.5 Å². The average molecular weight is 612 g/mol. The topological polar surface area (TPSA) is 275 Å². The van der Waals surface area contributed by atoms with Gasteiger partial charge in [-0.2, -0.15) is 25.3 Å². The number of ketones is 2. The van der Waals surface area contributed by atoms with Crippen LogP contribution in [0.5, 0.6) is 0 Å². The Morgan fingerprint density at radius 1 is 0.675 bits per heavy atom. The molecule has 0 bridgehead atoms. The summed E-state index contributed by atoms with van der Waals surface area (Å²) in [4.78, 5) is 25.0. The lowest BCUT2D eigenvalue weighted by Crippen LogP contribution is -2.26. The summed E-state index contributed by atoms with van der Waals surface area (Å²) in [6.45, 7) is 2.38. The van der Waals surface area contributed by atoms with Crippen LogP contribution in [0, 0.1) is 13.8 Å². The quantitative estimate of drug-likeness (QED) is 0.136. The summed E-state index contributed by atoms with van der Waals surface area (Å²) in [5, 5.41) is 0. The zero-order chi connectivity index (χ0) is 30.3. The van der Waals surface area contributed by atoms with E-state index in [9.17, 15) is 48.5 Å². The van der Waals surface area contributed by atoms with E-state index in [-0.39, 0.29) is 34.4 Å². The maximum atomic E-state index is 13.9. The summed E-state index contributed by atoms with van der Waals surface area (Å²) in [6.07, 6.45) is 0. The highest BCUT2D eigenvalue weighted by Crippen LogP contribution is 2.48. The number of nitrogen functional groups attached to an aromatic ring is 2. The van der Waals surface area contributed by atoms with Crippen molar-refractivity contribution < 1.29 is 48.5 Å². The van der Waals surface area contributed by atoms with Gasteiger partial charge in [0.1, 0.15) is 4.90 Å². The SMILES string of the molecule is Cc1c(CN)cc(S(=O)(=O)O)c(C)c1-c1c(N)c(S(=O)(=O)O)c(N)c2c1C(=O)c1ccc(S(=O)(=O)O)cc1C2=O. The van der Waals surface area contributed by atoms with E-state index in [0.29, 0.717) is 6.07 Å². The lowest BCUT2D eigenvalue weighted by molar-refractivity contribution is 0.0979. The molecule has 0 spiro atoms. The number of hydrogen-bond donors (Lipinski definition) is 6. The molecule has 0 saturated carbocycles. The lowest BCUT2D eigenvalue weighted by Gasteiger charge is -2.27. The number of anilines is 2. The van der Waals surface area contributed by atoms with Crippen LogP contribution >= 0.6 is 0 Å². The molecule has 9 N–H and O–H groups in total. The first-order valence-electron chi connectivity index (χ1n) is 11.0. The largest absolute Gasteiger partial charge is 0.397 e. The first-order valence-corrected chi connectivity index (χ1v) is 15.3. The van der Waals surface area contributed by atoms with Gasteiger partial charge in [-0.25, -0.2) is 0 Å². The monoisotopic (exact) mass is 611 g/mol. The molecule has 0 unspecified atom stereocenters. The van der Waals surface area contributed by atoms with Gasteiger partial charge in [0.25, 0.3) is 30.4 Å². The summed E-state index contributed by atoms with van der Waals surface area (Å²) in [6, 6.07) is 3.56. The van der Waals surface area contributed by atoms with Crippen LogP contribution in [0.15, 0.2) is 39.0 Å². The number of carbonyl (C=O) groups is 2. The molecule has 0 heterocycles. The Morgan fingerprint density at radius 3 is 1.73 bits per heavy atom. The smallest absolute Gasteiger partial charge is 0.298 e. The van der Waals surface area contributed by atoms with Crippen LogP contribution in [0.2, 0.25) is 0 Å². The van der Waals surface area contributed by atoms with Gasteiger partial charge in [-0.3, -0.25) is 23.2 Å². The van der Waals surface area contributed by atoms with Gasteiger partial charge >= 0.3 is 0 Å². The minimum Gasteiger partial charge on any atom is -0.397 e. The van der Waals surface area contributed by atoms with E-state index >= 15 is 0 Å². The summed E-state index contributed by atoms with van der Waals surface area (Å²) < 4.78 is 102. The van der Waals surface area contributed by atoms with Crippen LogP contribution < -0.4 is 17.2 Å². The molecular weight excluding hydrogens is 590 g/mol. The summed E-state index contributed by atoms with van der Waals surface area (Å²) in [5.74, 6) is -2.15. The highest BCUT2D eigenvalue weighted by Gasteiger charge is 2.40. The molecule has 0 fully saturated rings. The highest BCUT2D eigenvalue weighted by molar-refractivity contribution is 7.86. The third-order valence-corrected chi connectivity index (χ3v) is 9.46. The summed E-state index contributed by atoms with van der Waals surface area (Å²) in [5.41, 5.74) is 13.4. The number of fused-ring (bicyclic) bond motifs is 2. The van der Waals surface area contributed by atoms with Crippen LogP contribution in [0.3, 0.4) is 0 Å². The van der Waals surface area contributed by atoms with Crippen molar-refractivity contribution in [2.45, 2.75) is 35.1 Å². The molecular formula is C23H21N3O11S3. The van der Waals surface area contributed by atoms with Gasteiger partial charge in [-0.1, -0.05) is 0 Å². The second kappa shape index (κ2) is 9.16. The molecule has 14 nitrogen and oxygen atoms in total. The Kier molecular flexibility index (Phi) is 6.71. The molecule has 0 saturated heterocycles. The number of benzene rings is 3. The second-order valence-electron chi connectivity index (χ2n) is 8.94. The average Bonchev–Trinajstić information content (AvgIpc) is 2.81. The van der Waals surface area contributed by atoms with Gasteiger partial charge < -0.3 is 17.2 Å². The Labute approximate surface area is 228 Å². The molecule has 40 heavy (non-hydrogen) atoms. The molecule has 3 aromatic rings. The minimum absolute atomic E-state index is 0.138. The third-order valence-electron chi connectivity index (χ3n) is 6.67. The predicted molar refractivity (Wildman–Crippen MR) is 141 cm³/mol. The zero-order valence-corrected chi connectivity index (χ0v) is 23.0. The van der Waals surface area contributed by atoms with E-state index in [1.807, 2.05) is 0 Å². The van der Waals surface area contributed by atoms with Crippen molar-refractivity contribution in [1.82, 2.24) is 0 Å². The van der Waals surface area contributed by atoms with E-state index in [0.717, 1.165) is 18.2 Å². The summed E-state index contributed by atoms with van der Waals surface area (Å²) >= 11 is 0. The molecule has 17 heteroatoms. The van der Waals surface area contributed by atoms with Crippen molar-refractivity contribution in [3.63, 3.8) is 0 Å². The number of carbonyl (C=O) groups excluding carboxylic acids is 2. The Morgan fingerprint density at radius 2 is 1.23 bits per heavy atom. The van der Waals surface area contributed by atoms with Crippen molar-refractivity contribution in [3.8, 4) is 11.1 Å². The van der Waals surface area contributed by atoms with E-state index in [1.54, 1.807) is 0 Å². The van der Waals surface area contributed by atoms with Gasteiger partial charge in [-0.15, -0.1) is 0 Å². The van der Waals surface area contributed by atoms with Crippen LogP contribution in [0.25, 0.3) is 11.1 Å². The molecule has 0 aliphatic heterocycles. The van der Waals surface area contributed by atoms with Crippen molar-refractivity contribution in [3.05, 3.63) is 63.2 Å². The number of rotatable bonds is 5. The molecule has 0 amide bonds. The summed E-state index contributed by atoms with van der Waals surface area (Å²) in [7, 11) is -15.0. The highest BCUT2D eigenvalue weighted by atomic mass is 32.2. The molecule has 3 aromatic carbocycles. The lowest BCUT2D eigenvalue weighted by atomic mass is 9.77. The standard InChI is InChI=1S/C23H21N3O11S3/c1-8-10(7-24)5-14(39(32,33)34)9(2)15(8)16-17-18(20(26)23(19(16)25)40(35,36)37)22(28)13-6-11(38(29,30)31)3-4-12(13)21(17)27/h3-6H,7,24-26H2,1-2H3,(H,29,30,31)(H,32,33,34)(H,35,36,37). The molecule has 212 valence electrons. The molecule has 1 aliphatic rings. The van der Waals surface area contributed by atoms with E-state index in [2.05, 4.69) is 0 Å². The maximum Gasteiger partial charge on any atom is 0.298 e. The number of nitrogens with two attached hydrogens (primary N) is 3. The van der Waals surface area contributed by atoms with Crippen molar-refractivity contribution >= 4 is 53.3 Å². The second-order valence-corrected chi connectivity index (χ2v) is 13.1. The molecule has 0 aromatic heterocycles. The third kappa shape index (κ3) is 4.37. The zero-order valence-electron chi connectivity index (χ0n) is 20.6. The normalized spacial score (nSPS) is 13.8. The first-order chi connectivity index (χ1) is 18.2. The van der Waals surface area contributed by atoms with Gasteiger partial charge in [0.05, 0.1) is 26.7 Å². The van der Waals surface area contributed by atoms with E-state index in [1.165, 1.54) is 13.8 Å². The van der Waals surface area contributed by atoms with Gasteiger partial charge in [0.2, 0.25) is 0 Å². The number of hydrogen-bond acceptors (Lipinski definition) is 11. The van der Waals surface area contributed by atoms with Crippen LogP contribution in [-0.2, 0) is 36.9 Å². The maximum absolute atomic E-state index is 13.9. The van der Waals surface area contributed by atoms with Crippen LogP contribution in [0.4, 0.5) is 11.4 Å². The molecule has 4 rings (SSSR count). The first kappa shape index (κ1) is 29.3. The minimum atomic E-state index is -5.30. The van der Waals surface area contributed by atoms with E-state index < -0.39 is 90.2 Å². The Bertz CT molecular complexity index is 2030. The molecule has 1 aliphatic carbocycles. The van der Waals surface area contributed by atoms with Crippen LogP contribution in [0.1, 0.15) is 48.5 Å². The van der Waals surface area contributed by atoms with Crippen molar-refractivity contribution in [1.29, 1.82) is 0 Å². The van der Waals surface area contributed by atoms with Crippen molar-refractivity contribution in [2.24, 2.45) is 5.73 Å². The predicted octanol–water partition coefficient (Wildman–Crippen LogP) is 1.11.